The average molecular weight is 484 g/mol. The first-order chi connectivity index (χ1) is 13.4. The van der Waals surface area contributed by atoms with Gasteiger partial charge in [0.1, 0.15) is 12.1 Å². The van der Waals surface area contributed by atoms with Crippen LogP contribution in [0.3, 0.4) is 0 Å². The molecule has 0 atom stereocenters. The van der Waals surface area contributed by atoms with Crippen molar-refractivity contribution in [3.8, 4) is 5.69 Å². The number of nitrogens with zero attached hydrogens (tertiary/aromatic N) is 3. The Bertz CT molecular complexity index is 998. The Labute approximate surface area is 179 Å². The SMILES string of the molecule is Cc1ccc(-n2cnnc2SCC(=O)NCCc2ccc(F)c(Br)c2)cc1Cl. The number of halogens is 3. The molecule has 1 N–H and O–H groups in total. The zero-order valence-corrected chi connectivity index (χ0v) is 18.1. The molecule has 0 aliphatic carbocycles. The van der Waals surface area contributed by atoms with Crippen LogP contribution in [0.5, 0.6) is 0 Å². The lowest BCUT2D eigenvalue weighted by Gasteiger charge is -2.08. The van der Waals surface area contributed by atoms with E-state index < -0.39 is 0 Å². The molecular formula is C19H17BrClFN4OS. The lowest BCUT2D eigenvalue weighted by Crippen LogP contribution is -2.27. The summed E-state index contributed by atoms with van der Waals surface area (Å²) in [5, 5.41) is 12.1. The van der Waals surface area contributed by atoms with E-state index in [1.165, 1.54) is 17.8 Å². The van der Waals surface area contributed by atoms with Crippen LogP contribution < -0.4 is 5.32 Å². The van der Waals surface area contributed by atoms with Crippen molar-refractivity contribution >= 4 is 45.2 Å². The minimum atomic E-state index is -0.303. The second-order valence-corrected chi connectivity index (χ2v) is 8.26. The smallest absolute Gasteiger partial charge is 0.230 e. The normalized spacial score (nSPS) is 10.9. The molecule has 146 valence electrons. The number of hydrogen-bond acceptors (Lipinski definition) is 4. The summed E-state index contributed by atoms with van der Waals surface area (Å²) in [6.45, 7) is 2.40. The van der Waals surface area contributed by atoms with Gasteiger partial charge in [-0.2, -0.15) is 0 Å². The molecule has 0 spiro atoms. The van der Waals surface area contributed by atoms with E-state index in [0.29, 0.717) is 27.6 Å². The van der Waals surface area contributed by atoms with Crippen molar-refractivity contribution in [1.82, 2.24) is 20.1 Å². The average Bonchev–Trinajstić information content (AvgIpc) is 3.14. The minimum Gasteiger partial charge on any atom is -0.355 e. The van der Waals surface area contributed by atoms with Crippen LogP contribution in [-0.4, -0.2) is 33.0 Å². The van der Waals surface area contributed by atoms with Gasteiger partial charge in [-0.15, -0.1) is 10.2 Å². The number of amides is 1. The van der Waals surface area contributed by atoms with E-state index in [9.17, 15) is 9.18 Å². The molecule has 2 aromatic carbocycles. The van der Waals surface area contributed by atoms with Crippen molar-refractivity contribution in [1.29, 1.82) is 0 Å². The quantitative estimate of drug-likeness (QED) is 0.500. The van der Waals surface area contributed by atoms with Crippen molar-refractivity contribution < 1.29 is 9.18 Å². The number of rotatable bonds is 7. The number of carbonyl (C=O) groups is 1. The van der Waals surface area contributed by atoms with Gasteiger partial charge < -0.3 is 5.32 Å². The Morgan fingerprint density at radius 1 is 1.32 bits per heavy atom. The monoisotopic (exact) mass is 482 g/mol. The van der Waals surface area contributed by atoms with Crippen molar-refractivity contribution in [3.63, 3.8) is 0 Å². The topological polar surface area (TPSA) is 59.8 Å². The third-order valence-electron chi connectivity index (χ3n) is 4.00. The number of nitrogens with one attached hydrogen (secondary N) is 1. The summed E-state index contributed by atoms with van der Waals surface area (Å²) < 4.78 is 15.5. The molecule has 1 aromatic heterocycles. The number of hydrogen-bond donors (Lipinski definition) is 1. The maximum atomic E-state index is 13.2. The highest BCUT2D eigenvalue weighted by atomic mass is 79.9. The third-order valence-corrected chi connectivity index (χ3v) is 5.96. The molecular weight excluding hydrogens is 467 g/mol. The van der Waals surface area contributed by atoms with Gasteiger partial charge in [-0.25, -0.2) is 4.39 Å². The lowest BCUT2D eigenvalue weighted by atomic mass is 10.1. The largest absolute Gasteiger partial charge is 0.355 e. The molecule has 0 aliphatic rings. The summed E-state index contributed by atoms with van der Waals surface area (Å²) in [5.74, 6) is -0.198. The van der Waals surface area contributed by atoms with E-state index in [4.69, 9.17) is 11.6 Å². The zero-order valence-electron chi connectivity index (χ0n) is 15.0. The van der Waals surface area contributed by atoms with Gasteiger partial charge in [0, 0.05) is 11.6 Å². The molecule has 0 bridgehead atoms. The van der Waals surface area contributed by atoms with Crippen LogP contribution in [-0.2, 0) is 11.2 Å². The standard InChI is InChI=1S/C19H17BrClFN4OS/c1-12-2-4-14(9-16(12)21)26-11-24-25-19(26)28-10-18(27)23-7-6-13-3-5-17(22)15(20)8-13/h2-5,8-9,11H,6-7,10H2,1H3,(H,23,27). The van der Waals surface area contributed by atoms with E-state index in [0.717, 1.165) is 16.8 Å². The van der Waals surface area contributed by atoms with E-state index in [1.807, 2.05) is 25.1 Å². The molecule has 0 saturated heterocycles. The highest BCUT2D eigenvalue weighted by Crippen LogP contribution is 2.23. The van der Waals surface area contributed by atoms with E-state index in [1.54, 1.807) is 23.0 Å². The van der Waals surface area contributed by atoms with Crippen LogP contribution in [0, 0.1) is 12.7 Å². The molecule has 0 saturated carbocycles. The van der Waals surface area contributed by atoms with E-state index >= 15 is 0 Å². The third kappa shape index (κ3) is 5.33. The number of carbonyl (C=O) groups excluding carboxylic acids is 1. The molecule has 0 radical (unpaired) electrons. The fraction of sp³-hybridized carbons (Fsp3) is 0.211. The van der Waals surface area contributed by atoms with Gasteiger partial charge in [-0.1, -0.05) is 35.5 Å². The van der Waals surface area contributed by atoms with Gasteiger partial charge >= 0.3 is 0 Å². The van der Waals surface area contributed by atoms with Crippen LogP contribution in [0.25, 0.3) is 5.69 Å². The minimum absolute atomic E-state index is 0.109. The van der Waals surface area contributed by atoms with Crippen molar-refractivity contribution in [2.75, 3.05) is 12.3 Å². The maximum Gasteiger partial charge on any atom is 0.230 e. The predicted molar refractivity (Wildman–Crippen MR) is 113 cm³/mol. The molecule has 0 fully saturated rings. The summed E-state index contributed by atoms with van der Waals surface area (Å²) in [4.78, 5) is 12.1. The molecule has 9 heteroatoms. The molecule has 1 amide bonds. The van der Waals surface area contributed by atoms with E-state index in [2.05, 4.69) is 31.4 Å². The highest BCUT2D eigenvalue weighted by molar-refractivity contribution is 9.10. The van der Waals surface area contributed by atoms with Gasteiger partial charge in [0.25, 0.3) is 0 Å². The Morgan fingerprint density at radius 3 is 2.89 bits per heavy atom. The predicted octanol–water partition coefficient (Wildman–Crippen LogP) is 4.58. The lowest BCUT2D eigenvalue weighted by molar-refractivity contribution is -0.118. The first kappa shape index (κ1) is 20.8. The fourth-order valence-electron chi connectivity index (χ4n) is 2.45. The molecule has 5 nitrogen and oxygen atoms in total. The van der Waals surface area contributed by atoms with Gasteiger partial charge in [0.05, 0.1) is 15.9 Å². The summed E-state index contributed by atoms with van der Waals surface area (Å²) in [6, 6.07) is 10.5. The van der Waals surface area contributed by atoms with Gasteiger partial charge in [-0.05, 0) is 64.7 Å². The van der Waals surface area contributed by atoms with Gasteiger partial charge in [0.15, 0.2) is 5.16 Å². The van der Waals surface area contributed by atoms with Crippen LogP contribution in [0.4, 0.5) is 4.39 Å². The Morgan fingerprint density at radius 2 is 2.14 bits per heavy atom. The number of thioether (sulfide) groups is 1. The zero-order chi connectivity index (χ0) is 20.1. The molecule has 28 heavy (non-hydrogen) atoms. The first-order valence-corrected chi connectivity index (χ1v) is 10.6. The number of benzene rings is 2. The van der Waals surface area contributed by atoms with Crippen LogP contribution >= 0.6 is 39.3 Å². The second kappa shape index (κ2) is 9.54. The van der Waals surface area contributed by atoms with E-state index in [-0.39, 0.29) is 17.5 Å². The summed E-state index contributed by atoms with van der Waals surface area (Å²) in [5.41, 5.74) is 2.77. The Kier molecular flexibility index (Phi) is 7.09. The molecule has 0 aliphatic heterocycles. The molecule has 3 aromatic rings. The van der Waals surface area contributed by atoms with Crippen molar-refractivity contribution in [2.24, 2.45) is 0 Å². The van der Waals surface area contributed by atoms with Crippen molar-refractivity contribution in [3.05, 3.63) is 69.2 Å². The van der Waals surface area contributed by atoms with Crippen LogP contribution in [0.1, 0.15) is 11.1 Å². The Balaban J connectivity index is 1.52. The van der Waals surface area contributed by atoms with Crippen LogP contribution in [0.2, 0.25) is 5.02 Å². The van der Waals surface area contributed by atoms with Crippen LogP contribution in [0.15, 0.2) is 52.4 Å². The number of aryl methyl sites for hydroxylation is 1. The summed E-state index contributed by atoms with van der Waals surface area (Å²) in [7, 11) is 0. The Hall–Kier alpha value is -1.90. The van der Waals surface area contributed by atoms with Gasteiger partial charge in [-0.3, -0.25) is 9.36 Å². The van der Waals surface area contributed by atoms with Crippen molar-refractivity contribution in [2.45, 2.75) is 18.5 Å². The molecule has 3 rings (SSSR count). The fourth-order valence-corrected chi connectivity index (χ4v) is 3.81. The second-order valence-electron chi connectivity index (χ2n) is 6.05. The highest BCUT2D eigenvalue weighted by Gasteiger charge is 2.11. The number of aromatic nitrogens is 3. The first-order valence-electron chi connectivity index (χ1n) is 8.44. The molecule has 1 heterocycles. The summed E-state index contributed by atoms with van der Waals surface area (Å²) in [6.07, 6.45) is 2.21. The summed E-state index contributed by atoms with van der Waals surface area (Å²) >= 11 is 10.6. The maximum absolute atomic E-state index is 13.2. The van der Waals surface area contributed by atoms with Gasteiger partial charge in [0.2, 0.25) is 5.91 Å². The molecule has 0 unspecified atom stereocenters.